The second kappa shape index (κ2) is 11.4. The van der Waals surface area contributed by atoms with Crippen molar-refractivity contribution in [2.24, 2.45) is 0 Å². The van der Waals surface area contributed by atoms with Crippen molar-refractivity contribution in [1.82, 2.24) is 15.4 Å². The highest BCUT2D eigenvalue weighted by Gasteiger charge is 2.19. The number of hydrazine groups is 1. The number of halogens is 3. The van der Waals surface area contributed by atoms with Gasteiger partial charge in [-0.1, -0.05) is 65.1 Å². The highest BCUT2D eigenvalue weighted by atomic mass is 35.5. The number of nitrogens with zero attached hydrogens (tertiary/aromatic N) is 3. The van der Waals surface area contributed by atoms with Crippen LogP contribution in [0.4, 0.5) is 23.0 Å². The second-order valence-electron chi connectivity index (χ2n) is 7.97. The van der Waals surface area contributed by atoms with Crippen molar-refractivity contribution in [2.45, 2.75) is 12.8 Å². The molecule has 4 rings (SSSR count). The third-order valence-corrected chi connectivity index (χ3v) is 6.45. The van der Waals surface area contributed by atoms with E-state index in [0.29, 0.717) is 37.7 Å². The molecule has 0 saturated heterocycles. The lowest BCUT2D eigenvalue weighted by Gasteiger charge is -2.17. The highest BCUT2D eigenvalue weighted by Crippen LogP contribution is 2.36. The van der Waals surface area contributed by atoms with Crippen LogP contribution in [0.25, 0.3) is 0 Å². The maximum atomic E-state index is 12.4. The van der Waals surface area contributed by atoms with Crippen molar-refractivity contribution in [1.29, 1.82) is 5.26 Å². The van der Waals surface area contributed by atoms with Crippen molar-refractivity contribution in [2.75, 3.05) is 16.5 Å². The van der Waals surface area contributed by atoms with Crippen LogP contribution in [-0.2, 0) is 0 Å². The lowest BCUT2D eigenvalue weighted by atomic mass is 9.91. The molecule has 5 N–H and O–H groups in total. The molecule has 11 heteroatoms. The third kappa shape index (κ3) is 5.87. The summed E-state index contributed by atoms with van der Waals surface area (Å²) < 4.78 is 0. The Balaban J connectivity index is 1.54. The summed E-state index contributed by atoms with van der Waals surface area (Å²) in [5, 5.41) is 14.3. The summed E-state index contributed by atoms with van der Waals surface area (Å²) in [7, 11) is 0. The van der Waals surface area contributed by atoms with Gasteiger partial charge >= 0.3 is 0 Å². The molecule has 0 aliphatic carbocycles. The molecule has 0 aliphatic rings. The van der Waals surface area contributed by atoms with E-state index in [1.54, 1.807) is 54.6 Å². The van der Waals surface area contributed by atoms with Crippen molar-refractivity contribution in [3.63, 3.8) is 0 Å². The monoisotopic (exact) mass is 551 g/mol. The van der Waals surface area contributed by atoms with Crippen LogP contribution in [0.3, 0.4) is 0 Å². The Kier molecular flexibility index (Phi) is 7.99. The molecule has 1 unspecified atom stereocenters. The van der Waals surface area contributed by atoms with E-state index >= 15 is 0 Å². The number of aromatic nitrogens is 2. The molecule has 0 saturated carbocycles. The first-order valence-corrected chi connectivity index (χ1v) is 12.1. The van der Waals surface area contributed by atoms with Crippen LogP contribution in [-0.4, -0.2) is 15.9 Å². The number of aryl methyl sites for hydroxylation is 1. The lowest BCUT2D eigenvalue weighted by Crippen LogP contribution is -2.30. The number of rotatable bonds is 7. The number of nitrogens with one attached hydrogen (secondary N) is 3. The zero-order valence-electron chi connectivity index (χ0n) is 19.4. The van der Waals surface area contributed by atoms with E-state index in [4.69, 9.17) is 40.5 Å². The van der Waals surface area contributed by atoms with Gasteiger partial charge in [-0.15, -0.1) is 0 Å². The van der Waals surface area contributed by atoms with Gasteiger partial charge in [0.1, 0.15) is 12.0 Å². The highest BCUT2D eigenvalue weighted by molar-refractivity contribution is 6.34. The van der Waals surface area contributed by atoms with Gasteiger partial charge in [-0.25, -0.2) is 9.97 Å². The number of amides is 1. The maximum Gasteiger partial charge on any atom is 0.271 e. The number of anilines is 4. The van der Waals surface area contributed by atoms with Gasteiger partial charge in [-0.2, -0.15) is 5.26 Å². The van der Waals surface area contributed by atoms with Crippen molar-refractivity contribution in [3.05, 3.63) is 104 Å². The molecular weight excluding hydrogens is 533 g/mol. The second-order valence-corrected chi connectivity index (χ2v) is 9.22. The van der Waals surface area contributed by atoms with Crippen LogP contribution in [0.2, 0.25) is 15.1 Å². The fraction of sp³-hybridized carbons (Fsp3) is 0.0769. The number of nitrogens with two attached hydrogens (primary N) is 1. The number of carbonyl (C=O) groups is 1. The van der Waals surface area contributed by atoms with Gasteiger partial charge < -0.3 is 11.1 Å². The van der Waals surface area contributed by atoms with Crippen molar-refractivity contribution < 1.29 is 4.79 Å². The largest absolute Gasteiger partial charge is 0.393 e. The molecule has 0 bridgehead atoms. The van der Waals surface area contributed by atoms with Gasteiger partial charge in [0.15, 0.2) is 11.6 Å². The Bertz CT molecular complexity index is 1500. The minimum absolute atomic E-state index is 0.164. The molecular formula is C26H20Cl3N7O. The number of carbonyl (C=O) groups excluding carboxylic acids is 1. The minimum Gasteiger partial charge on any atom is -0.393 e. The maximum absolute atomic E-state index is 12.4. The van der Waals surface area contributed by atoms with Crippen LogP contribution in [0, 0.1) is 18.3 Å². The van der Waals surface area contributed by atoms with Crippen molar-refractivity contribution >= 4 is 63.7 Å². The number of hydrogen-bond donors (Lipinski definition) is 4. The SMILES string of the molecule is Cc1cc(C(C#N)c2ccc(Cl)cc2)c(Cl)cc1Nc1ncnc(NNC(=O)c2ccccc2Cl)c1N. The number of nitrogen functional groups attached to an aromatic ring is 1. The van der Waals surface area contributed by atoms with E-state index in [1.807, 2.05) is 13.0 Å². The molecule has 0 radical (unpaired) electrons. The number of hydrogen-bond acceptors (Lipinski definition) is 7. The summed E-state index contributed by atoms with van der Waals surface area (Å²) in [5.41, 5.74) is 14.8. The number of nitriles is 1. The Labute approximate surface area is 228 Å². The van der Waals surface area contributed by atoms with Gasteiger partial charge in [0, 0.05) is 15.7 Å². The normalized spacial score (nSPS) is 11.3. The molecule has 37 heavy (non-hydrogen) atoms. The van der Waals surface area contributed by atoms with Crippen LogP contribution in [0.1, 0.15) is 33.0 Å². The molecule has 0 aliphatic heterocycles. The first-order chi connectivity index (χ1) is 17.8. The molecule has 1 aromatic heterocycles. The molecule has 0 fully saturated rings. The van der Waals surface area contributed by atoms with Crippen LogP contribution >= 0.6 is 34.8 Å². The average Bonchev–Trinajstić information content (AvgIpc) is 2.88. The summed E-state index contributed by atoms with van der Waals surface area (Å²) >= 11 is 18.7. The zero-order valence-corrected chi connectivity index (χ0v) is 21.7. The lowest BCUT2D eigenvalue weighted by molar-refractivity contribution is 0.0962. The summed E-state index contributed by atoms with van der Waals surface area (Å²) in [6.07, 6.45) is 1.29. The smallest absolute Gasteiger partial charge is 0.271 e. The summed E-state index contributed by atoms with van der Waals surface area (Å²) in [6, 6.07) is 19.6. The van der Waals surface area contributed by atoms with Crippen LogP contribution in [0.5, 0.6) is 0 Å². The van der Waals surface area contributed by atoms with Gasteiger partial charge in [-0.3, -0.25) is 15.6 Å². The van der Waals surface area contributed by atoms with Crippen molar-refractivity contribution in [3.8, 4) is 6.07 Å². The van der Waals surface area contributed by atoms with Gasteiger partial charge in [0.05, 0.1) is 22.6 Å². The minimum atomic E-state index is -0.570. The van der Waals surface area contributed by atoms with E-state index in [-0.39, 0.29) is 11.5 Å². The molecule has 1 heterocycles. The fourth-order valence-corrected chi connectivity index (χ4v) is 4.21. The topological polar surface area (TPSA) is 129 Å². The predicted molar refractivity (Wildman–Crippen MR) is 147 cm³/mol. The molecule has 4 aromatic rings. The third-order valence-electron chi connectivity index (χ3n) is 5.54. The zero-order chi connectivity index (χ0) is 26.5. The Morgan fingerprint density at radius 2 is 1.70 bits per heavy atom. The summed E-state index contributed by atoms with van der Waals surface area (Å²) in [5.74, 6) is -0.542. The van der Waals surface area contributed by atoms with Crippen LogP contribution < -0.4 is 21.9 Å². The quantitative estimate of drug-likeness (QED) is 0.193. The van der Waals surface area contributed by atoms with E-state index in [1.165, 1.54) is 6.33 Å². The van der Waals surface area contributed by atoms with Gasteiger partial charge in [-0.05, 0) is 53.9 Å². The Morgan fingerprint density at radius 3 is 2.41 bits per heavy atom. The predicted octanol–water partition coefficient (Wildman–Crippen LogP) is 6.48. The Morgan fingerprint density at radius 1 is 1.00 bits per heavy atom. The summed E-state index contributed by atoms with van der Waals surface area (Å²) in [6.45, 7) is 1.87. The molecule has 0 spiro atoms. The van der Waals surface area contributed by atoms with E-state index in [9.17, 15) is 10.1 Å². The van der Waals surface area contributed by atoms with Gasteiger partial charge in [0.25, 0.3) is 5.91 Å². The van der Waals surface area contributed by atoms with Crippen LogP contribution in [0.15, 0.2) is 67.0 Å². The molecule has 3 aromatic carbocycles. The molecule has 1 amide bonds. The average molecular weight is 553 g/mol. The van der Waals surface area contributed by atoms with Gasteiger partial charge in [0.2, 0.25) is 0 Å². The summed E-state index contributed by atoms with van der Waals surface area (Å²) in [4.78, 5) is 20.7. The van der Waals surface area contributed by atoms with E-state index in [2.05, 4.69) is 32.2 Å². The first kappa shape index (κ1) is 26.0. The van der Waals surface area contributed by atoms with E-state index in [0.717, 1.165) is 11.1 Å². The molecule has 1 atom stereocenters. The molecule has 186 valence electrons. The molecule has 8 nitrogen and oxygen atoms in total. The number of benzene rings is 3. The standard InChI is InChI=1S/C26H20Cl3N7O/c1-14-10-18(19(12-30)15-6-8-16(27)9-7-15)21(29)11-22(14)34-24-23(31)25(33-13-32-24)35-36-26(37)17-4-2-3-5-20(17)28/h2-11,13,19H,31H2,1H3,(H,36,37)(H2,32,33,34,35). The van der Waals surface area contributed by atoms with E-state index < -0.39 is 11.8 Å². The first-order valence-electron chi connectivity index (χ1n) is 10.9. The Hall–Kier alpha value is -4.03. The fourth-order valence-electron chi connectivity index (χ4n) is 3.59.